The molecule has 1 atom stereocenters. The molecule has 1 aliphatic rings. The largest absolute Gasteiger partial charge is 0.396 e. The van der Waals surface area contributed by atoms with Crippen molar-refractivity contribution < 1.29 is 9.90 Å². The molecule has 21 heavy (non-hydrogen) atoms. The Hall–Kier alpha value is -1.34. The minimum absolute atomic E-state index is 0.145. The fourth-order valence-electron chi connectivity index (χ4n) is 2.23. The number of nitrogens with one attached hydrogen (secondary N) is 2. The summed E-state index contributed by atoms with van der Waals surface area (Å²) in [4.78, 5) is 16.9. The van der Waals surface area contributed by atoms with Crippen LogP contribution in [0.25, 0.3) is 0 Å². The molecule has 1 aromatic heterocycles. The van der Waals surface area contributed by atoms with Crippen molar-refractivity contribution in [3.8, 4) is 0 Å². The van der Waals surface area contributed by atoms with Crippen LogP contribution in [0.5, 0.6) is 0 Å². The fraction of sp³-hybridized carbons (Fsp3) is 0.714. The second-order valence-electron chi connectivity index (χ2n) is 5.50. The molecule has 6 nitrogen and oxygen atoms in total. The number of aliphatic hydroxyl groups is 1. The summed E-state index contributed by atoms with van der Waals surface area (Å²) in [6, 6.07) is 0.473. The molecule has 0 radical (unpaired) electrons. The number of aromatic nitrogens is 1. The summed E-state index contributed by atoms with van der Waals surface area (Å²) in [6.07, 6.45) is 5.17. The number of nitrogen functional groups attached to an aromatic ring is 1. The van der Waals surface area contributed by atoms with Crippen LogP contribution in [0, 0.1) is 5.92 Å². The number of carbonyl (C=O) groups excluding carboxylic acids is 1. The van der Waals surface area contributed by atoms with Gasteiger partial charge < -0.3 is 21.5 Å². The molecule has 0 aliphatic heterocycles. The van der Waals surface area contributed by atoms with E-state index in [9.17, 15) is 4.79 Å². The van der Waals surface area contributed by atoms with Crippen molar-refractivity contribution in [2.75, 3.05) is 24.2 Å². The third kappa shape index (κ3) is 4.31. The minimum Gasteiger partial charge on any atom is -0.396 e. The van der Waals surface area contributed by atoms with E-state index >= 15 is 0 Å². The van der Waals surface area contributed by atoms with E-state index in [2.05, 4.69) is 15.6 Å². The lowest BCUT2D eigenvalue weighted by molar-refractivity contribution is 0.0948. The normalized spacial score (nSPS) is 16.3. The number of amides is 1. The number of aliphatic hydroxyl groups excluding tert-OH is 1. The van der Waals surface area contributed by atoms with E-state index in [1.165, 1.54) is 17.8 Å². The monoisotopic (exact) mass is 312 g/mol. The second-order valence-corrected chi connectivity index (χ2v) is 6.50. The van der Waals surface area contributed by atoms with Crippen molar-refractivity contribution in [3.05, 3.63) is 4.88 Å². The topological polar surface area (TPSA) is 100 Å². The average Bonchev–Trinajstić information content (AvgIpc) is 2.79. The van der Waals surface area contributed by atoms with Gasteiger partial charge in [0.25, 0.3) is 5.91 Å². The Bertz CT molecular complexity index is 474. The summed E-state index contributed by atoms with van der Waals surface area (Å²) >= 11 is 1.31. The molecule has 1 unspecified atom stereocenters. The second kappa shape index (κ2) is 7.61. The molecule has 0 aromatic carbocycles. The molecule has 5 N–H and O–H groups in total. The van der Waals surface area contributed by atoms with E-state index in [-0.39, 0.29) is 18.3 Å². The van der Waals surface area contributed by atoms with Gasteiger partial charge in [-0.3, -0.25) is 4.79 Å². The molecule has 118 valence electrons. The van der Waals surface area contributed by atoms with Crippen LogP contribution in [0.15, 0.2) is 0 Å². The van der Waals surface area contributed by atoms with E-state index in [0.29, 0.717) is 29.8 Å². The lowest BCUT2D eigenvalue weighted by atomic mass is 9.93. The molecule has 1 saturated carbocycles. The number of rotatable bonds is 8. The molecule has 1 aromatic rings. The molecule has 1 amide bonds. The van der Waals surface area contributed by atoms with E-state index in [0.717, 1.165) is 24.4 Å². The summed E-state index contributed by atoms with van der Waals surface area (Å²) in [7, 11) is 0. The van der Waals surface area contributed by atoms with Crippen molar-refractivity contribution in [1.29, 1.82) is 0 Å². The minimum atomic E-state index is -0.178. The van der Waals surface area contributed by atoms with Gasteiger partial charge in [-0.15, -0.1) is 0 Å². The maximum Gasteiger partial charge on any atom is 0.265 e. The van der Waals surface area contributed by atoms with E-state index in [1.54, 1.807) is 0 Å². The highest BCUT2D eigenvalue weighted by Gasteiger charge is 2.21. The van der Waals surface area contributed by atoms with Crippen LogP contribution in [0.4, 0.5) is 10.9 Å². The predicted octanol–water partition coefficient (Wildman–Crippen LogP) is 1.83. The van der Waals surface area contributed by atoms with Crippen LogP contribution in [-0.2, 0) is 0 Å². The number of hydrogen-bond donors (Lipinski definition) is 4. The average molecular weight is 312 g/mol. The Kier molecular flexibility index (Phi) is 5.81. The zero-order valence-electron chi connectivity index (χ0n) is 12.4. The van der Waals surface area contributed by atoms with Crippen molar-refractivity contribution in [2.24, 2.45) is 5.92 Å². The Morgan fingerprint density at radius 1 is 1.57 bits per heavy atom. The summed E-state index contributed by atoms with van der Waals surface area (Å²) in [5.74, 6) is 0.401. The van der Waals surface area contributed by atoms with Crippen LogP contribution in [0.1, 0.15) is 48.7 Å². The van der Waals surface area contributed by atoms with Gasteiger partial charge in [-0.2, -0.15) is 0 Å². The highest BCUT2D eigenvalue weighted by molar-refractivity contribution is 7.18. The summed E-state index contributed by atoms with van der Waals surface area (Å²) in [6.45, 7) is 2.75. The van der Waals surface area contributed by atoms with Gasteiger partial charge in [0, 0.05) is 19.2 Å². The van der Waals surface area contributed by atoms with Gasteiger partial charge in [-0.1, -0.05) is 24.7 Å². The summed E-state index contributed by atoms with van der Waals surface area (Å²) < 4.78 is 0. The highest BCUT2D eigenvalue weighted by atomic mass is 32.1. The number of nitrogens with zero attached hydrogens (tertiary/aromatic N) is 1. The number of carbonyl (C=O) groups is 1. The fourth-order valence-corrected chi connectivity index (χ4v) is 3.11. The molecule has 1 heterocycles. The lowest BCUT2D eigenvalue weighted by Gasteiger charge is -2.25. The maximum atomic E-state index is 12.2. The van der Waals surface area contributed by atoms with E-state index in [1.807, 2.05) is 6.92 Å². The molecule has 0 spiro atoms. The van der Waals surface area contributed by atoms with Crippen LogP contribution < -0.4 is 16.4 Å². The first kappa shape index (κ1) is 16.0. The quantitative estimate of drug-likeness (QED) is 0.587. The van der Waals surface area contributed by atoms with Gasteiger partial charge in [0.1, 0.15) is 10.7 Å². The Morgan fingerprint density at radius 2 is 2.33 bits per heavy atom. The molecule has 2 rings (SSSR count). The van der Waals surface area contributed by atoms with Gasteiger partial charge in [0.15, 0.2) is 5.13 Å². The van der Waals surface area contributed by atoms with Crippen molar-refractivity contribution in [1.82, 2.24) is 10.3 Å². The third-order valence-electron chi connectivity index (χ3n) is 3.96. The first-order valence-corrected chi connectivity index (χ1v) is 8.37. The SMILES string of the molecule is CCC(CCO)CNC(=O)c1sc(NC2CCC2)nc1N. The van der Waals surface area contributed by atoms with Crippen molar-refractivity contribution in [2.45, 2.75) is 45.1 Å². The molecule has 7 heteroatoms. The lowest BCUT2D eigenvalue weighted by Crippen LogP contribution is -2.29. The smallest absolute Gasteiger partial charge is 0.265 e. The number of hydrogen-bond acceptors (Lipinski definition) is 6. The zero-order chi connectivity index (χ0) is 15.2. The van der Waals surface area contributed by atoms with Crippen LogP contribution in [-0.4, -0.2) is 35.2 Å². The number of anilines is 2. The molecular formula is C14H24N4O2S. The third-order valence-corrected chi connectivity index (χ3v) is 4.96. The van der Waals surface area contributed by atoms with Gasteiger partial charge in [0.05, 0.1) is 0 Å². The number of thiazole rings is 1. The van der Waals surface area contributed by atoms with Gasteiger partial charge >= 0.3 is 0 Å². The molecule has 1 fully saturated rings. The van der Waals surface area contributed by atoms with E-state index < -0.39 is 0 Å². The van der Waals surface area contributed by atoms with Crippen LogP contribution in [0.3, 0.4) is 0 Å². The molecule has 1 aliphatic carbocycles. The maximum absolute atomic E-state index is 12.2. The Balaban J connectivity index is 1.89. The first-order valence-electron chi connectivity index (χ1n) is 7.56. The van der Waals surface area contributed by atoms with Gasteiger partial charge in [-0.05, 0) is 31.6 Å². The Morgan fingerprint density at radius 3 is 2.90 bits per heavy atom. The standard InChI is InChI=1S/C14H24N4O2S/c1-2-9(6-7-19)8-16-13(20)11-12(15)18-14(21-11)17-10-4-3-5-10/h9-10,19H,2-8,15H2,1H3,(H,16,20)(H,17,18). The first-order chi connectivity index (χ1) is 10.1. The van der Waals surface area contributed by atoms with Crippen molar-refractivity contribution >= 4 is 28.2 Å². The molecular weight excluding hydrogens is 288 g/mol. The Labute approximate surface area is 129 Å². The predicted molar refractivity (Wildman–Crippen MR) is 85.6 cm³/mol. The number of nitrogens with two attached hydrogens (primary N) is 1. The van der Waals surface area contributed by atoms with Crippen molar-refractivity contribution in [3.63, 3.8) is 0 Å². The van der Waals surface area contributed by atoms with Crippen LogP contribution in [0.2, 0.25) is 0 Å². The zero-order valence-corrected chi connectivity index (χ0v) is 13.2. The summed E-state index contributed by atoms with van der Waals surface area (Å²) in [5.41, 5.74) is 5.83. The van der Waals surface area contributed by atoms with Gasteiger partial charge in [0.2, 0.25) is 0 Å². The van der Waals surface area contributed by atoms with Gasteiger partial charge in [-0.25, -0.2) is 4.98 Å². The van der Waals surface area contributed by atoms with Crippen LogP contribution >= 0.6 is 11.3 Å². The molecule has 0 saturated heterocycles. The highest BCUT2D eigenvalue weighted by Crippen LogP contribution is 2.29. The molecule has 0 bridgehead atoms. The summed E-state index contributed by atoms with van der Waals surface area (Å²) in [5, 5.41) is 15.9. The van der Waals surface area contributed by atoms with E-state index in [4.69, 9.17) is 10.8 Å².